The molecule has 3 N–H and O–H groups in total. The SMILES string of the molecule is O=C(NC[C@H]1CCNC1)c1occc1Br.O=C(O)C(F)(F)F. The van der Waals surface area contributed by atoms with Crippen molar-refractivity contribution in [1.29, 1.82) is 0 Å². The first kappa shape index (κ1) is 18.5. The van der Waals surface area contributed by atoms with Gasteiger partial charge in [0.05, 0.1) is 10.7 Å². The van der Waals surface area contributed by atoms with E-state index in [0.29, 0.717) is 22.7 Å². The molecule has 0 bridgehead atoms. The minimum absolute atomic E-state index is 0.154. The lowest BCUT2D eigenvalue weighted by Gasteiger charge is -2.08. The number of nitrogens with one attached hydrogen (secondary N) is 2. The number of aliphatic carboxylic acids is 1. The van der Waals surface area contributed by atoms with E-state index in [4.69, 9.17) is 14.3 Å². The smallest absolute Gasteiger partial charge is 0.475 e. The normalized spacial score (nSPS) is 17.5. The highest BCUT2D eigenvalue weighted by Crippen LogP contribution is 2.17. The van der Waals surface area contributed by atoms with Crippen LogP contribution in [0.15, 0.2) is 21.2 Å². The molecule has 2 heterocycles. The van der Waals surface area contributed by atoms with E-state index in [1.807, 2.05) is 0 Å². The van der Waals surface area contributed by atoms with Crippen LogP contribution in [0.25, 0.3) is 0 Å². The van der Waals surface area contributed by atoms with E-state index in [9.17, 15) is 18.0 Å². The van der Waals surface area contributed by atoms with E-state index < -0.39 is 12.1 Å². The lowest BCUT2D eigenvalue weighted by molar-refractivity contribution is -0.192. The lowest BCUT2D eigenvalue weighted by Crippen LogP contribution is -2.30. The molecule has 22 heavy (non-hydrogen) atoms. The summed E-state index contributed by atoms with van der Waals surface area (Å²) in [7, 11) is 0. The van der Waals surface area contributed by atoms with Crippen LogP contribution in [0.1, 0.15) is 17.0 Å². The monoisotopic (exact) mass is 386 g/mol. The molecule has 1 fully saturated rings. The second-order valence-corrected chi connectivity index (χ2v) is 5.32. The molecule has 2 rings (SSSR count). The quantitative estimate of drug-likeness (QED) is 0.738. The van der Waals surface area contributed by atoms with Gasteiger partial charge >= 0.3 is 12.1 Å². The zero-order valence-electron chi connectivity index (χ0n) is 11.2. The molecular formula is C12H14BrF3N2O4. The maximum atomic E-state index is 11.6. The van der Waals surface area contributed by atoms with Gasteiger partial charge in [-0.25, -0.2) is 4.79 Å². The van der Waals surface area contributed by atoms with E-state index >= 15 is 0 Å². The third-order valence-electron chi connectivity index (χ3n) is 2.78. The van der Waals surface area contributed by atoms with Gasteiger partial charge in [0.1, 0.15) is 0 Å². The van der Waals surface area contributed by atoms with E-state index in [2.05, 4.69) is 26.6 Å². The molecule has 0 spiro atoms. The van der Waals surface area contributed by atoms with Crippen LogP contribution in [0.4, 0.5) is 13.2 Å². The largest absolute Gasteiger partial charge is 0.490 e. The van der Waals surface area contributed by atoms with Gasteiger partial charge in [0, 0.05) is 6.54 Å². The number of halogens is 4. The molecule has 0 radical (unpaired) electrons. The van der Waals surface area contributed by atoms with Crippen molar-refractivity contribution < 1.29 is 32.3 Å². The van der Waals surface area contributed by atoms with Gasteiger partial charge in [-0.1, -0.05) is 0 Å². The first-order valence-electron chi connectivity index (χ1n) is 6.24. The molecule has 1 atom stereocenters. The minimum atomic E-state index is -5.08. The van der Waals surface area contributed by atoms with Crippen molar-refractivity contribution in [3.63, 3.8) is 0 Å². The van der Waals surface area contributed by atoms with E-state index in [-0.39, 0.29) is 5.91 Å². The van der Waals surface area contributed by atoms with Crippen LogP contribution in [0.5, 0.6) is 0 Å². The number of hydrogen-bond donors (Lipinski definition) is 3. The molecule has 0 aromatic carbocycles. The fourth-order valence-electron chi connectivity index (χ4n) is 1.66. The molecule has 1 amide bonds. The summed E-state index contributed by atoms with van der Waals surface area (Å²) in [5.41, 5.74) is 0. The lowest BCUT2D eigenvalue weighted by atomic mass is 10.1. The average Bonchev–Trinajstić information content (AvgIpc) is 3.06. The van der Waals surface area contributed by atoms with Crippen molar-refractivity contribution in [2.24, 2.45) is 5.92 Å². The van der Waals surface area contributed by atoms with Crippen LogP contribution >= 0.6 is 15.9 Å². The highest BCUT2D eigenvalue weighted by molar-refractivity contribution is 9.10. The molecule has 1 aliphatic rings. The molecule has 1 aromatic rings. The maximum absolute atomic E-state index is 11.6. The third kappa shape index (κ3) is 6.06. The molecule has 6 nitrogen and oxygen atoms in total. The van der Waals surface area contributed by atoms with Crippen LogP contribution in [0, 0.1) is 5.92 Å². The zero-order chi connectivity index (χ0) is 16.8. The van der Waals surface area contributed by atoms with Crippen molar-refractivity contribution >= 4 is 27.8 Å². The Morgan fingerprint density at radius 2 is 2.14 bits per heavy atom. The van der Waals surface area contributed by atoms with Gasteiger partial charge in [-0.3, -0.25) is 4.79 Å². The number of furan rings is 1. The topological polar surface area (TPSA) is 91.6 Å². The molecule has 1 aromatic heterocycles. The molecular weight excluding hydrogens is 373 g/mol. The first-order valence-corrected chi connectivity index (χ1v) is 7.03. The van der Waals surface area contributed by atoms with E-state index in [0.717, 1.165) is 19.5 Å². The van der Waals surface area contributed by atoms with Gasteiger partial charge in [-0.2, -0.15) is 13.2 Å². The second-order valence-electron chi connectivity index (χ2n) is 4.47. The van der Waals surface area contributed by atoms with Crippen molar-refractivity contribution in [3.8, 4) is 0 Å². The average molecular weight is 387 g/mol. The maximum Gasteiger partial charge on any atom is 0.490 e. The Morgan fingerprint density at radius 3 is 2.55 bits per heavy atom. The van der Waals surface area contributed by atoms with Gasteiger partial charge in [-0.05, 0) is 47.4 Å². The van der Waals surface area contributed by atoms with Gasteiger partial charge in [0.2, 0.25) is 5.76 Å². The Morgan fingerprint density at radius 1 is 1.50 bits per heavy atom. The van der Waals surface area contributed by atoms with Gasteiger partial charge in [-0.15, -0.1) is 0 Å². The zero-order valence-corrected chi connectivity index (χ0v) is 12.8. The van der Waals surface area contributed by atoms with Gasteiger partial charge in [0.25, 0.3) is 5.91 Å². The summed E-state index contributed by atoms with van der Waals surface area (Å²) in [6.07, 6.45) is -2.46. The van der Waals surface area contributed by atoms with Crippen molar-refractivity contribution in [2.75, 3.05) is 19.6 Å². The number of carbonyl (C=O) groups is 2. The summed E-state index contributed by atoms with van der Waals surface area (Å²) in [6, 6.07) is 1.71. The predicted molar refractivity (Wildman–Crippen MR) is 73.4 cm³/mol. The molecule has 1 aliphatic heterocycles. The Labute approximate surface area is 132 Å². The summed E-state index contributed by atoms with van der Waals surface area (Å²) < 4.78 is 37.5. The summed E-state index contributed by atoms with van der Waals surface area (Å²) in [5.74, 6) is -2.02. The van der Waals surface area contributed by atoms with Crippen LogP contribution in [0.2, 0.25) is 0 Å². The number of alkyl halides is 3. The Kier molecular flexibility index (Phi) is 6.88. The van der Waals surface area contributed by atoms with Gasteiger partial charge < -0.3 is 20.2 Å². The summed E-state index contributed by atoms with van der Waals surface area (Å²) >= 11 is 3.25. The van der Waals surface area contributed by atoms with E-state index in [1.54, 1.807) is 6.07 Å². The number of amides is 1. The first-order chi connectivity index (χ1) is 10.2. The summed E-state index contributed by atoms with van der Waals surface area (Å²) in [5, 5.41) is 13.2. The number of rotatable bonds is 3. The third-order valence-corrected chi connectivity index (χ3v) is 3.40. The Bertz CT molecular complexity index is 513. The predicted octanol–water partition coefficient (Wildman–Crippen LogP) is 2.01. The Hall–Kier alpha value is -1.55. The fraction of sp³-hybridized carbons (Fsp3) is 0.500. The number of carboxylic acid groups (broad SMARTS) is 1. The highest BCUT2D eigenvalue weighted by atomic mass is 79.9. The van der Waals surface area contributed by atoms with E-state index in [1.165, 1.54) is 6.26 Å². The Balaban J connectivity index is 0.000000295. The summed E-state index contributed by atoms with van der Waals surface area (Å²) in [4.78, 5) is 20.5. The second kappa shape index (κ2) is 8.18. The van der Waals surface area contributed by atoms with Crippen molar-refractivity contribution in [1.82, 2.24) is 10.6 Å². The number of carboxylic acids is 1. The van der Waals surface area contributed by atoms with Crippen LogP contribution < -0.4 is 10.6 Å². The van der Waals surface area contributed by atoms with Crippen LogP contribution in [-0.2, 0) is 4.79 Å². The highest BCUT2D eigenvalue weighted by Gasteiger charge is 2.38. The van der Waals surface area contributed by atoms with Crippen LogP contribution in [0.3, 0.4) is 0 Å². The fourth-order valence-corrected chi connectivity index (χ4v) is 2.04. The molecule has 10 heteroatoms. The molecule has 0 aliphatic carbocycles. The standard InChI is InChI=1S/C10H13BrN2O2.C2HF3O2/c11-8-2-4-15-9(8)10(14)13-6-7-1-3-12-5-7;3-2(4,5)1(6)7/h2,4,7,12H,1,3,5-6H2,(H,13,14);(H,6,7)/t7-;/m0./s1. The van der Waals surface area contributed by atoms with Crippen molar-refractivity contribution in [2.45, 2.75) is 12.6 Å². The minimum Gasteiger partial charge on any atom is -0.475 e. The number of hydrogen-bond acceptors (Lipinski definition) is 4. The molecule has 1 saturated heterocycles. The van der Waals surface area contributed by atoms with Crippen molar-refractivity contribution in [3.05, 3.63) is 22.6 Å². The summed E-state index contributed by atoms with van der Waals surface area (Å²) in [6.45, 7) is 2.74. The molecule has 0 unspecified atom stereocenters. The van der Waals surface area contributed by atoms with Gasteiger partial charge in [0.15, 0.2) is 0 Å². The van der Waals surface area contributed by atoms with Crippen LogP contribution in [-0.4, -0.2) is 42.8 Å². The number of carbonyl (C=O) groups excluding carboxylic acids is 1. The molecule has 0 saturated carbocycles. The molecule has 124 valence electrons.